The number of hydrogen-bond donors (Lipinski definition) is 0. The van der Waals surface area contributed by atoms with Crippen molar-refractivity contribution in [2.24, 2.45) is 0 Å². The van der Waals surface area contributed by atoms with Crippen molar-refractivity contribution < 1.29 is 18.3 Å². The third kappa shape index (κ3) is 3.55. The van der Waals surface area contributed by atoms with Gasteiger partial charge in [-0.2, -0.15) is 0 Å². The molecule has 1 aromatic rings. The largest absolute Gasteiger partial charge is 0.497 e. The molecule has 0 amide bonds. The molecule has 0 aliphatic heterocycles. The molecule has 0 heterocycles. The predicted molar refractivity (Wildman–Crippen MR) is 54.1 cm³/mol. The van der Waals surface area contributed by atoms with Gasteiger partial charge in [-0.3, -0.25) is 0 Å². The Bertz CT molecular complexity index is 318. The van der Waals surface area contributed by atoms with Gasteiger partial charge in [-0.25, -0.2) is 8.78 Å². The van der Waals surface area contributed by atoms with Crippen molar-refractivity contribution in [1.29, 1.82) is 0 Å². The number of hydrogen-bond acceptors (Lipinski definition) is 2. The maximum Gasteiger partial charge on any atom is 0.272 e. The molecular formula is C10H11ClF2O2. The maximum atomic E-state index is 11.9. The van der Waals surface area contributed by atoms with Crippen molar-refractivity contribution in [3.8, 4) is 11.5 Å². The number of ether oxygens (including phenoxy) is 2. The number of methoxy groups -OCH3 is 1. The van der Waals surface area contributed by atoms with Crippen LogP contribution in [-0.2, 0) is 5.88 Å². The highest BCUT2D eigenvalue weighted by Gasteiger charge is 2.08. The summed E-state index contributed by atoms with van der Waals surface area (Å²) in [5, 5.41) is 0. The van der Waals surface area contributed by atoms with E-state index in [-0.39, 0.29) is 5.88 Å². The summed E-state index contributed by atoms with van der Waals surface area (Å²) in [6.07, 6.45) is -2.49. The molecule has 0 aliphatic rings. The minimum atomic E-state index is -2.49. The monoisotopic (exact) mass is 236 g/mol. The normalized spacial score (nSPS) is 10.5. The third-order valence-corrected chi connectivity index (χ3v) is 2.06. The van der Waals surface area contributed by atoms with E-state index in [1.807, 2.05) is 0 Å². The highest BCUT2D eigenvalue weighted by Crippen LogP contribution is 2.25. The molecule has 0 N–H and O–H groups in total. The molecule has 0 fully saturated rings. The fourth-order valence-electron chi connectivity index (χ4n) is 1.08. The summed E-state index contributed by atoms with van der Waals surface area (Å²) in [6, 6.07) is 4.86. The van der Waals surface area contributed by atoms with E-state index in [1.54, 1.807) is 18.2 Å². The van der Waals surface area contributed by atoms with Gasteiger partial charge in [0.05, 0.1) is 13.0 Å². The second-order valence-electron chi connectivity index (χ2n) is 2.81. The van der Waals surface area contributed by atoms with Crippen molar-refractivity contribution in [1.82, 2.24) is 0 Å². The third-order valence-electron chi connectivity index (χ3n) is 1.78. The van der Waals surface area contributed by atoms with Gasteiger partial charge in [0.2, 0.25) is 0 Å². The summed E-state index contributed by atoms with van der Waals surface area (Å²) in [5.74, 6) is 1.18. The summed E-state index contributed by atoms with van der Waals surface area (Å²) >= 11 is 5.65. The van der Waals surface area contributed by atoms with Crippen molar-refractivity contribution in [3.63, 3.8) is 0 Å². The van der Waals surface area contributed by atoms with Crippen molar-refractivity contribution in [2.45, 2.75) is 12.3 Å². The topological polar surface area (TPSA) is 18.5 Å². The smallest absolute Gasteiger partial charge is 0.272 e. The zero-order valence-corrected chi connectivity index (χ0v) is 8.93. The van der Waals surface area contributed by atoms with Gasteiger partial charge < -0.3 is 9.47 Å². The summed E-state index contributed by atoms with van der Waals surface area (Å²) in [5.41, 5.74) is 0.636. The van der Waals surface area contributed by atoms with Crippen molar-refractivity contribution in [2.75, 3.05) is 13.7 Å². The van der Waals surface area contributed by atoms with Crippen LogP contribution in [-0.4, -0.2) is 20.1 Å². The first kappa shape index (κ1) is 12.0. The van der Waals surface area contributed by atoms with Gasteiger partial charge in [-0.1, -0.05) is 0 Å². The molecule has 15 heavy (non-hydrogen) atoms. The van der Waals surface area contributed by atoms with E-state index < -0.39 is 13.0 Å². The summed E-state index contributed by atoms with van der Waals surface area (Å²) < 4.78 is 33.7. The van der Waals surface area contributed by atoms with Crippen LogP contribution < -0.4 is 9.47 Å². The van der Waals surface area contributed by atoms with Gasteiger partial charge in [0.1, 0.15) is 18.1 Å². The second kappa shape index (κ2) is 5.75. The van der Waals surface area contributed by atoms with Crippen LogP contribution in [0.5, 0.6) is 11.5 Å². The fourth-order valence-corrected chi connectivity index (χ4v) is 1.29. The van der Waals surface area contributed by atoms with E-state index in [1.165, 1.54) is 7.11 Å². The molecule has 0 radical (unpaired) electrons. The predicted octanol–water partition coefficient (Wildman–Crippen LogP) is 3.08. The molecule has 0 saturated carbocycles. The highest BCUT2D eigenvalue weighted by atomic mass is 35.5. The molecule has 0 atom stereocenters. The molecule has 0 aliphatic carbocycles. The van der Waals surface area contributed by atoms with Crippen LogP contribution in [0.25, 0.3) is 0 Å². The molecule has 1 aromatic carbocycles. The van der Waals surface area contributed by atoms with E-state index >= 15 is 0 Å². The minimum Gasteiger partial charge on any atom is -0.497 e. The molecular weight excluding hydrogens is 226 g/mol. The first-order valence-corrected chi connectivity index (χ1v) is 4.84. The SMILES string of the molecule is COc1ccc(OCC(F)F)c(CCl)c1. The molecule has 0 unspecified atom stereocenters. The van der Waals surface area contributed by atoms with Gasteiger partial charge >= 0.3 is 0 Å². The van der Waals surface area contributed by atoms with Gasteiger partial charge in [0.25, 0.3) is 6.43 Å². The number of alkyl halides is 3. The maximum absolute atomic E-state index is 11.9. The van der Waals surface area contributed by atoms with Crippen LogP contribution in [0.2, 0.25) is 0 Å². The average molecular weight is 237 g/mol. The van der Waals surface area contributed by atoms with Crippen molar-refractivity contribution in [3.05, 3.63) is 23.8 Å². The lowest BCUT2D eigenvalue weighted by atomic mass is 10.2. The van der Waals surface area contributed by atoms with Crippen LogP contribution in [0, 0.1) is 0 Å². The van der Waals surface area contributed by atoms with E-state index in [0.717, 1.165) is 0 Å². The Kier molecular flexibility index (Phi) is 4.62. The molecule has 0 aromatic heterocycles. The Labute approximate surface area is 91.8 Å². The van der Waals surface area contributed by atoms with Gasteiger partial charge in [0, 0.05) is 5.56 Å². The number of rotatable bonds is 5. The van der Waals surface area contributed by atoms with Gasteiger partial charge in [-0.15, -0.1) is 11.6 Å². The first-order chi connectivity index (χ1) is 7.17. The van der Waals surface area contributed by atoms with Crippen molar-refractivity contribution >= 4 is 11.6 Å². The number of benzene rings is 1. The Morgan fingerprint density at radius 1 is 1.40 bits per heavy atom. The van der Waals surface area contributed by atoms with Crippen LogP contribution in [0.1, 0.15) is 5.56 Å². The molecule has 0 bridgehead atoms. The zero-order valence-electron chi connectivity index (χ0n) is 8.17. The molecule has 84 valence electrons. The lowest BCUT2D eigenvalue weighted by molar-refractivity contribution is 0.0815. The molecule has 0 spiro atoms. The quantitative estimate of drug-likeness (QED) is 0.732. The van der Waals surface area contributed by atoms with Gasteiger partial charge in [0.15, 0.2) is 0 Å². The number of halogens is 3. The lowest BCUT2D eigenvalue weighted by Gasteiger charge is -2.10. The van der Waals surface area contributed by atoms with Crippen LogP contribution in [0.3, 0.4) is 0 Å². The molecule has 5 heteroatoms. The van der Waals surface area contributed by atoms with Crippen LogP contribution in [0.4, 0.5) is 8.78 Å². The minimum absolute atomic E-state index is 0.190. The van der Waals surface area contributed by atoms with E-state index in [2.05, 4.69) is 0 Å². The van der Waals surface area contributed by atoms with E-state index in [4.69, 9.17) is 21.1 Å². The summed E-state index contributed by atoms with van der Waals surface area (Å²) in [7, 11) is 1.52. The fraction of sp³-hybridized carbons (Fsp3) is 0.400. The molecule has 2 nitrogen and oxygen atoms in total. The lowest BCUT2D eigenvalue weighted by Crippen LogP contribution is -2.08. The summed E-state index contributed by atoms with van der Waals surface area (Å²) in [6.45, 7) is -0.629. The average Bonchev–Trinajstić information content (AvgIpc) is 2.25. The van der Waals surface area contributed by atoms with E-state index in [0.29, 0.717) is 17.1 Å². The zero-order chi connectivity index (χ0) is 11.3. The summed E-state index contributed by atoms with van der Waals surface area (Å²) in [4.78, 5) is 0. The van der Waals surface area contributed by atoms with E-state index in [9.17, 15) is 8.78 Å². The van der Waals surface area contributed by atoms with Crippen LogP contribution in [0.15, 0.2) is 18.2 Å². The Hall–Kier alpha value is -1.03. The Balaban J connectivity index is 2.78. The Morgan fingerprint density at radius 2 is 2.13 bits per heavy atom. The molecule has 0 saturated heterocycles. The Morgan fingerprint density at radius 3 is 2.67 bits per heavy atom. The highest BCUT2D eigenvalue weighted by molar-refractivity contribution is 6.17. The second-order valence-corrected chi connectivity index (χ2v) is 3.08. The van der Waals surface area contributed by atoms with Gasteiger partial charge in [-0.05, 0) is 18.2 Å². The van der Waals surface area contributed by atoms with Crippen LogP contribution >= 0.6 is 11.6 Å². The molecule has 1 rings (SSSR count). The first-order valence-electron chi connectivity index (χ1n) is 4.31. The standard InChI is InChI=1S/C10H11ClF2O2/c1-14-8-2-3-9(7(4-8)5-11)15-6-10(12)13/h2-4,10H,5-6H2,1H3.